The third-order valence-electron chi connectivity index (χ3n) is 3.43. The molecule has 4 nitrogen and oxygen atoms in total. The van der Waals surface area contributed by atoms with Gasteiger partial charge in [0.05, 0.1) is 0 Å². The van der Waals surface area contributed by atoms with Crippen LogP contribution in [0.3, 0.4) is 0 Å². The zero-order valence-corrected chi connectivity index (χ0v) is 12.3. The Hall–Kier alpha value is -1.82. The van der Waals surface area contributed by atoms with Gasteiger partial charge in [-0.15, -0.1) is 0 Å². The Labute approximate surface area is 123 Å². The smallest absolute Gasteiger partial charge is 0.138 e. The van der Waals surface area contributed by atoms with Crippen LogP contribution in [-0.2, 0) is 19.9 Å². The van der Waals surface area contributed by atoms with E-state index >= 15 is 0 Å². The lowest BCUT2D eigenvalue weighted by Crippen LogP contribution is -2.35. The first-order valence-corrected chi connectivity index (χ1v) is 7.11. The number of nitrogens with one attached hydrogen (secondary N) is 1. The second-order valence-electron chi connectivity index (χ2n) is 5.06. The summed E-state index contributed by atoms with van der Waals surface area (Å²) in [7, 11) is 1.81. The average molecular weight is 294 g/mol. The third kappa shape index (κ3) is 4.07. The van der Waals surface area contributed by atoms with Crippen molar-refractivity contribution < 1.29 is 8.78 Å². The summed E-state index contributed by atoms with van der Waals surface area (Å²) >= 11 is 0. The summed E-state index contributed by atoms with van der Waals surface area (Å²) in [6, 6.07) is 3.87. The SMILES string of the molecule is CCCNC(Cc1c(F)cccc1F)Cc1ncnn1C. The van der Waals surface area contributed by atoms with Crippen LogP contribution < -0.4 is 5.32 Å². The number of aromatic nitrogens is 3. The van der Waals surface area contributed by atoms with E-state index in [-0.39, 0.29) is 18.0 Å². The summed E-state index contributed by atoms with van der Waals surface area (Å²) in [5, 5.41) is 7.35. The first kappa shape index (κ1) is 15.6. The van der Waals surface area contributed by atoms with Crippen molar-refractivity contribution in [1.29, 1.82) is 0 Å². The van der Waals surface area contributed by atoms with Crippen molar-refractivity contribution in [2.24, 2.45) is 7.05 Å². The molecular weight excluding hydrogens is 274 g/mol. The Morgan fingerprint density at radius 3 is 2.52 bits per heavy atom. The second-order valence-corrected chi connectivity index (χ2v) is 5.06. The highest BCUT2D eigenvalue weighted by Gasteiger charge is 2.17. The van der Waals surface area contributed by atoms with E-state index < -0.39 is 11.6 Å². The molecule has 2 aromatic rings. The molecule has 0 spiro atoms. The molecular formula is C15H20F2N4. The molecule has 6 heteroatoms. The van der Waals surface area contributed by atoms with E-state index in [1.165, 1.54) is 24.5 Å². The second kappa shape index (κ2) is 7.26. The van der Waals surface area contributed by atoms with E-state index in [1.54, 1.807) is 4.68 Å². The average Bonchev–Trinajstić information content (AvgIpc) is 2.85. The number of nitrogens with zero attached hydrogens (tertiary/aromatic N) is 3. The zero-order chi connectivity index (χ0) is 15.2. The minimum Gasteiger partial charge on any atom is -0.313 e. The third-order valence-corrected chi connectivity index (χ3v) is 3.43. The molecule has 1 N–H and O–H groups in total. The van der Waals surface area contributed by atoms with Crippen LogP contribution in [0.5, 0.6) is 0 Å². The predicted octanol–water partition coefficient (Wildman–Crippen LogP) is 2.25. The summed E-state index contributed by atoms with van der Waals surface area (Å²) in [6.07, 6.45) is 3.29. The maximum Gasteiger partial charge on any atom is 0.138 e. The van der Waals surface area contributed by atoms with E-state index in [4.69, 9.17) is 0 Å². The van der Waals surface area contributed by atoms with Gasteiger partial charge in [-0.25, -0.2) is 13.8 Å². The van der Waals surface area contributed by atoms with Gasteiger partial charge in [0.25, 0.3) is 0 Å². The molecule has 1 unspecified atom stereocenters. The lowest BCUT2D eigenvalue weighted by Gasteiger charge is -2.18. The van der Waals surface area contributed by atoms with Crippen LogP contribution in [0.25, 0.3) is 0 Å². The molecule has 2 rings (SSSR count). The van der Waals surface area contributed by atoms with E-state index in [0.717, 1.165) is 18.8 Å². The number of halogens is 2. The van der Waals surface area contributed by atoms with Gasteiger partial charge in [-0.2, -0.15) is 5.10 Å². The van der Waals surface area contributed by atoms with Crippen molar-refractivity contribution in [3.05, 3.63) is 47.5 Å². The predicted molar refractivity (Wildman–Crippen MR) is 76.9 cm³/mol. The molecule has 0 radical (unpaired) electrons. The Kier molecular flexibility index (Phi) is 5.38. The first-order chi connectivity index (χ1) is 10.1. The molecule has 1 aromatic carbocycles. The molecule has 0 aliphatic rings. The Morgan fingerprint density at radius 1 is 1.24 bits per heavy atom. The highest BCUT2D eigenvalue weighted by molar-refractivity contribution is 5.21. The summed E-state index contributed by atoms with van der Waals surface area (Å²) in [4.78, 5) is 4.17. The van der Waals surface area contributed by atoms with Gasteiger partial charge < -0.3 is 5.32 Å². The molecule has 0 fully saturated rings. The van der Waals surface area contributed by atoms with Gasteiger partial charge in [0.1, 0.15) is 23.8 Å². The van der Waals surface area contributed by atoms with Crippen LogP contribution in [0.1, 0.15) is 24.7 Å². The van der Waals surface area contributed by atoms with Gasteiger partial charge >= 0.3 is 0 Å². The number of rotatable bonds is 7. The molecule has 1 heterocycles. The van der Waals surface area contributed by atoms with E-state index in [2.05, 4.69) is 22.3 Å². The van der Waals surface area contributed by atoms with Crippen LogP contribution in [-0.4, -0.2) is 27.4 Å². The summed E-state index contributed by atoms with van der Waals surface area (Å²) < 4.78 is 29.3. The fraction of sp³-hybridized carbons (Fsp3) is 0.467. The lowest BCUT2D eigenvalue weighted by atomic mass is 10.0. The van der Waals surface area contributed by atoms with Gasteiger partial charge in [0.2, 0.25) is 0 Å². The maximum absolute atomic E-state index is 13.8. The van der Waals surface area contributed by atoms with E-state index in [1.807, 2.05) is 7.05 Å². The molecule has 1 atom stereocenters. The first-order valence-electron chi connectivity index (χ1n) is 7.11. The van der Waals surface area contributed by atoms with Gasteiger partial charge in [-0.1, -0.05) is 13.0 Å². The zero-order valence-electron chi connectivity index (χ0n) is 12.3. The lowest BCUT2D eigenvalue weighted by molar-refractivity contribution is 0.462. The topological polar surface area (TPSA) is 42.7 Å². The number of benzene rings is 1. The van der Waals surface area contributed by atoms with Gasteiger partial charge in [-0.3, -0.25) is 4.68 Å². The molecule has 0 bridgehead atoms. The van der Waals surface area contributed by atoms with Gasteiger partial charge in [0.15, 0.2) is 0 Å². The Balaban J connectivity index is 2.14. The molecule has 0 saturated carbocycles. The quantitative estimate of drug-likeness (QED) is 0.851. The standard InChI is InChI=1S/C15H20F2N4/c1-3-7-18-11(9-15-19-10-20-21(15)2)8-12-13(16)5-4-6-14(12)17/h4-6,10-11,18H,3,7-9H2,1-2H3. The van der Waals surface area contributed by atoms with Crippen molar-refractivity contribution >= 4 is 0 Å². The number of aryl methyl sites for hydroxylation is 1. The maximum atomic E-state index is 13.8. The summed E-state index contributed by atoms with van der Waals surface area (Å²) in [6.45, 7) is 2.84. The fourth-order valence-electron chi connectivity index (χ4n) is 2.26. The van der Waals surface area contributed by atoms with Crippen LogP contribution in [0.2, 0.25) is 0 Å². The van der Waals surface area contributed by atoms with Crippen molar-refractivity contribution in [1.82, 2.24) is 20.1 Å². The molecule has 114 valence electrons. The van der Waals surface area contributed by atoms with Gasteiger partial charge in [-0.05, 0) is 31.5 Å². The minimum atomic E-state index is -0.503. The molecule has 1 aromatic heterocycles. The van der Waals surface area contributed by atoms with Crippen LogP contribution >= 0.6 is 0 Å². The van der Waals surface area contributed by atoms with Crippen LogP contribution in [0, 0.1) is 11.6 Å². The number of hydrogen-bond acceptors (Lipinski definition) is 3. The Morgan fingerprint density at radius 2 is 1.95 bits per heavy atom. The van der Waals surface area contributed by atoms with E-state index in [9.17, 15) is 8.78 Å². The van der Waals surface area contributed by atoms with Crippen molar-refractivity contribution in [3.8, 4) is 0 Å². The largest absolute Gasteiger partial charge is 0.313 e. The van der Waals surface area contributed by atoms with Crippen molar-refractivity contribution in [3.63, 3.8) is 0 Å². The molecule has 0 amide bonds. The minimum absolute atomic E-state index is 0.0840. The Bertz CT molecular complexity index is 563. The highest BCUT2D eigenvalue weighted by Crippen LogP contribution is 2.15. The molecule has 0 aliphatic heterocycles. The summed E-state index contributed by atoms with van der Waals surface area (Å²) in [5.74, 6) is -0.215. The summed E-state index contributed by atoms with van der Waals surface area (Å²) in [5.41, 5.74) is 0.119. The monoisotopic (exact) mass is 294 g/mol. The molecule has 0 aliphatic carbocycles. The fourth-order valence-corrected chi connectivity index (χ4v) is 2.26. The van der Waals surface area contributed by atoms with Crippen molar-refractivity contribution in [2.75, 3.05) is 6.54 Å². The van der Waals surface area contributed by atoms with Crippen LogP contribution in [0.4, 0.5) is 8.78 Å². The van der Waals surface area contributed by atoms with Gasteiger partial charge in [0, 0.05) is 25.1 Å². The highest BCUT2D eigenvalue weighted by atomic mass is 19.1. The van der Waals surface area contributed by atoms with Crippen molar-refractivity contribution in [2.45, 2.75) is 32.2 Å². The normalized spacial score (nSPS) is 12.6. The number of hydrogen-bond donors (Lipinski definition) is 1. The van der Waals surface area contributed by atoms with E-state index in [0.29, 0.717) is 6.42 Å². The molecule has 21 heavy (non-hydrogen) atoms. The van der Waals surface area contributed by atoms with Crippen LogP contribution in [0.15, 0.2) is 24.5 Å². The molecule has 0 saturated heterocycles.